The van der Waals surface area contributed by atoms with Crippen molar-refractivity contribution in [3.63, 3.8) is 0 Å². The highest BCUT2D eigenvalue weighted by Crippen LogP contribution is 2.40. The molecule has 1 aliphatic rings. The van der Waals surface area contributed by atoms with Gasteiger partial charge in [-0.05, 0) is 34.2 Å². The maximum Gasteiger partial charge on any atom is 0.225 e. The summed E-state index contributed by atoms with van der Waals surface area (Å²) in [6, 6.07) is 10.4. The van der Waals surface area contributed by atoms with Crippen molar-refractivity contribution < 1.29 is 13.6 Å². The van der Waals surface area contributed by atoms with Gasteiger partial charge in [0.1, 0.15) is 11.6 Å². The first-order chi connectivity index (χ1) is 9.58. The molecule has 0 saturated carbocycles. The molecule has 0 radical (unpaired) electrons. The summed E-state index contributed by atoms with van der Waals surface area (Å²) in [6.45, 7) is 0. The smallest absolute Gasteiger partial charge is 0.225 e. The lowest BCUT2D eigenvalue weighted by molar-refractivity contribution is -0.116. The number of anilines is 1. The summed E-state index contributed by atoms with van der Waals surface area (Å²) < 4.78 is 28.0. The quantitative estimate of drug-likeness (QED) is 0.583. The molecule has 5 heteroatoms. The number of amides is 1. The lowest BCUT2D eigenvalue weighted by Crippen LogP contribution is -2.25. The molecule has 2 aromatic rings. The summed E-state index contributed by atoms with van der Waals surface area (Å²) in [6.07, 6.45) is 0.162. The van der Waals surface area contributed by atoms with E-state index in [4.69, 9.17) is 0 Å². The zero-order valence-corrected chi connectivity index (χ0v) is 12.4. The average Bonchev–Trinajstić information content (AvgIpc) is 2.45. The standard InChI is InChI=1S/C15H10F2INO/c16-10-7-11-13(14(17)15(10)18)9(6-12(20)19-11)8-4-2-1-3-5-8/h1-5,7,9H,6H2,(H,19,20). The number of nitrogens with one attached hydrogen (secondary N) is 1. The minimum absolute atomic E-state index is 0.0431. The second-order valence-electron chi connectivity index (χ2n) is 4.66. The SMILES string of the molecule is O=C1CC(c2ccccc2)c2c(cc(F)c(I)c2F)N1. The summed E-state index contributed by atoms with van der Waals surface area (Å²) in [5, 5.41) is 2.55. The first-order valence-corrected chi connectivity index (χ1v) is 7.18. The number of rotatable bonds is 1. The summed E-state index contributed by atoms with van der Waals surface area (Å²) >= 11 is 1.65. The Kier molecular flexibility index (Phi) is 3.45. The van der Waals surface area contributed by atoms with E-state index in [9.17, 15) is 13.6 Å². The van der Waals surface area contributed by atoms with Crippen LogP contribution in [0.4, 0.5) is 14.5 Å². The zero-order chi connectivity index (χ0) is 14.3. The highest BCUT2D eigenvalue weighted by molar-refractivity contribution is 14.1. The van der Waals surface area contributed by atoms with Crippen LogP contribution in [0.15, 0.2) is 36.4 Å². The monoisotopic (exact) mass is 385 g/mol. The van der Waals surface area contributed by atoms with Crippen molar-refractivity contribution in [3.8, 4) is 0 Å². The van der Waals surface area contributed by atoms with Crippen LogP contribution in [-0.2, 0) is 4.79 Å². The summed E-state index contributed by atoms with van der Waals surface area (Å²) in [5.74, 6) is -1.86. The molecule has 1 atom stereocenters. The van der Waals surface area contributed by atoms with E-state index in [-0.39, 0.29) is 27.5 Å². The van der Waals surface area contributed by atoms with Gasteiger partial charge in [0.15, 0.2) is 0 Å². The van der Waals surface area contributed by atoms with Crippen molar-refractivity contribution in [3.05, 3.63) is 62.7 Å². The highest BCUT2D eigenvalue weighted by atomic mass is 127. The van der Waals surface area contributed by atoms with E-state index in [0.717, 1.165) is 5.56 Å². The molecule has 0 aliphatic carbocycles. The lowest BCUT2D eigenvalue weighted by Gasteiger charge is -2.27. The summed E-state index contributed by atoms with van der Waals surface area (Å²) in [5.41, 5.74) is 1.44. The van der Waals surface area contributed by atoms with Gasteiger partial charge in [0.05, 0.1) is 9.26 Å². The van der Waals surface area contributed by atoms with Crippen LogP contribution < -0.4 is 5.32 Å². The van der Waals surface area contributed by atoms with Gasteiger partial charge in [-0.3, -0.25) is 4.79 Å². The number of benzene rings is 2. The molecular formula is C15H10F2INO. The lowest BCUT2D eigenvalue weighted by atomic mass is 9.84. The van der Waals surface area contributed by atoms with Crippen LogP contribution in [0.3, 0.4) is 0 Å². The Morgan fingerprint density at radius 1 is 1.20 bits per heavy atom. The predicted molar refractivity (Wildman–Crippen MR) is 80.6 cm³/mol. The Morgan fingerprint density at radius 3 is 2.60 bits per heavy atom. The molecule has 1 heterocycles. The van der Waals surface area contributed by atoms with Crippen molar-refractivity contribution in [2.45, 2.75) is 12.3 Å². The normalized spacial score (nSPS) is 17.6. The van der Waals surface area contributed by atoms with E-state index >= 15 is 0 Å². The molecule has 2 aromatic carbocycles. The minimum atomic E-state index is -0.657. The third-order valence-electron chi connectivity index (χ3n) is 3.41. The number of fused-ring (bicyclic) bond motifs is 1. The van der Waals surface area contributed by atoms with Gasteiger partial charge in [0, 0.05) is 17.9 Å². The van der Waals surface area contributed by atoms with Gasteiger partial charge in [-0.25, -0.2) is 8.78 Å². The Balaban J connectivity index is 2.22. The number of hydrogen-bond acceptors (Lipinski definition) is 1. The molecule has 102 valence electrons. The van der Waals surface area contributed by atoms with Crippen LogP contribution in [0, 0.1) is 15.2 Å². The molecule has 0 bridgehead atoms. The van der Waals surface area contributed by atoms with Gasteiger partial charge in [0.2, 0.25) is 5.91 Å². The molecule has 1 unspecified atom stereocenters. The number of carbonyl (C=O) groups excluding carboxylic acids is 1. The number of hydrogen-bond donors (Lipinski definition) is 1. The predicted octanol–water partition coefficient (Wildman–Crippen LogP) is 4.04. The van der Waals surface area contributed by atoms with E-state index in [1.807, 2.05) is 30.3 Å². The summed E-state index contributed by atoms with van der Waals surface area (Å²) in [4.78, 5) is 11.8. The molecule has 1 aliphatic heterocycles. The maximum absolute atomic E-state index is 14.4. The van der Waals surface area contributed by atoms with Gasteiger partial charge in [-0.1, -0.05) is 30.3 Å². The third kappa shape index (κ3) is 2.19. The molecule has 0 fully saturated rings. The number of halogens is 3. The molecule has 1 N–H and O–H groups in total. The Labute approximate surface area is 128 Å². The van der Waals surface area contributed by atoms with Crippen LogP contribution in [0.25, 0.3) is 0 Å². The van der Waals surface area contributed by atoms with Crippen LogP contribution >= 0.6 is 22.6 Å². The van der Waals surface area contributed by atoms with Gasteiger partial charge < -0.3 is 5.32 Å². The van der Waals surface area contributed by atoms with Gasteiger partial charge in [-0.2, -0.15) is 0 Å². The van der Waals surface area contributed by atoms with Crippen molar-refractivity contribution >= 4 is 34.2 Å². The van der Waals surface area contributed by atoms with Crippen LogP contribution in [0.2, 0.25) is 0 Å². The first-order valence-electron chi connectivity index (χ1n) is 6.10. The van der Waals surface area contributed by atoms with Crippen molar-refractivity contribution in [1.82, 2.24) is 0 Å². The van der Waals surface area contributed by atoms with E-state index in [1.165, 1.54) is 6.07 Å². The van der Waals surface area contributed by atoms with E-state index in [2.05, 4.69) is 5.32 Å². The van der Waals surface area contributed by atoms with Crippen LogP contribution in [0.1, 0.15) is 23.5 Å². The first kappa shape index (κ1) is 13.5. The van der Waals surface area contributed by atoms with Gasteiger partial charge >= 0.3 is 0 Å². The van der Waals surface area contributed by atoms with Gasteiger partial charge in [0.25, 0.3) is 0 Å². The largest absolute Gasteiger partial charge is 0.326 e. The van der Waals surface area contributed by atoms with Crippen LogP contribution in [-0.4, -0.2) is 5.91 Å². The topological polar surface area (TPSA) is 29.1 Å². The maximum atomic E-state index is 14.4. The average molecular weight is 385 g/mol. The molecular weight excluding hydrogens is 375 g/mol. The molecule has 2 nitrogen and oxygen atoms in total. The van der Waals surface area contributed by atoms with Crippen molar-refractivity contribution in [2.75, 3.05) is 5.32 Å². The highest BCUT2D eigenvalue weighted by Gasteiger charge is 2.31. The zero-order valence-electron chi connectivity index (χ0n) is 10.3. The van der Waals surface area contributed by atoms with Crippen molar-refractivity contribution in [1.29, 1.82) is 0 Å². The third-order valence-corrected chi connectivity index (χ3v) is 4.40. The van der Waals surface area contributed by atoms with Crippen molar-refractivity contribution in [2.24, 2.45) is 0 Å². The van der Waals surface area contributed by atoms with E-state index in [1.54, 1.807) is 22.6 Å². The fourth-order valence-electron chi connectivity index (χ4n) is 2.51. The molecule has 0 aromatic heterocycles. The van der Waals surface area contributed by atoms with E-state index < -0.39 is 11.6 Å². The minimum Gasteiger partial charge on any atom is -0.326 e. The number of carbonyl (C=O) groups is 1. The summed E-state index contributed by atoms with van der Waals surface area (Å²) in [7, 11) is 0. The van der Waals surface area contributed by atoms with Crippen LogP contribution in [0.5, 0.6) is 0 Å². The molecule has 20 heavy (non-hydrogen) atoms. The molecule has 0 saturated heterocycles. The molecule has 3 rings (SSSR count). The van der Waals surface area contributed by atoms with Gasteiger partial charge in [-0.15, -0.1) is 0 Å². The molecule has 0 spiro atoms. The Hall–Kier alpha value is -1.50. The second-order valence-corrected chi connectivity index (χ2v) is 5.74. The van der Waals surface area contributed by atoms with E-state index in [0.29, 0.717) is 5.56 Å². The molecule has 1 amide bonds. The fourth-order valence-corrected chi connectivity index (χ4v) is 2.96. The Bertz CT molecular complexity index is 688. The Morgan fingerprint density at radius 2 is 1.90 bits per heavy atom. The second kappa shape index (κ2) is 5.12. The fraction of sp³-hybridized carbons (Fsp3) is 0.133.